The van der Waals surface area contributed by atoms with Gasteiger partial charge < -0.3 is 19.6 Å². The Morgan fingerprint density at radius 1 is 1.38 bits per heavy atom. The summed E-state index contributed by atoms with van der Waals surface area (Å²) in [4.78, 5) is 7.28. The molecule has 3 heterocycles. The first kappa shape index (κ1) is 23.4. The van der Waals surface area contributed by atoms with Gasteiger partial charge in [-0.15, -0.1) is 40.8 Å². The third-order valence-corrected chi connectivity index (χ3v) is 4.95. The van der Waals surface area contributed by atoms with Gasteiger partial charge >= 0.3 is 0 Å². The van der Waals surface area contributed by atoms with Crippen molar-refractivity contribution in [3.8, 4) is 0 Å². The molecule has 2 aromatic rings. The summed E-state index contributed by atoms with van der Waals surface area (Å²) < 4.78 is 7.76. The fourth-order valence-corrected chi connectivity index (χ4v) is 3.47. The first-order chi connectivity index (χ1) is 13.8. The number of hydrogen-bond acceptors (Lipinski definition) is 5. The number of furan rings is 1. The topological polar surface area (TPSA) is 83.5 Å². The van der Waals surface area contributed by atoms with Crippen molar-refractivity contribution >= 4 is 29.9 Å². The van der Waals surface area contributed by atoms with Crippen LogP contribution in [-0.2, 0) is 13.0 Å². The smallest absolute Gasteiger partial charge is 0.191 e. The van der Waals surface area contributed by atoms with Gasteiger partial charge in [-0.25, -0.2) is 0 Å². The Morgan fingerprint density at radius 3 is 2.90 bits per heavy atom. The minimum Gasteiger partial charge on any atom is -0.468 e. The van der Waals surface area contributed by atoms with Crippen LogP contribution in [0.25, 0.3) is 0 Å². The van der Waals surface area contributed by atoms with Gasteiger partial charge in [-0.3, -0.25) is 9.89 Å². The van der Waals surface area contributed by atoms with Crippen molar-refractivity contribution in [2.45, 2.75) is 38.8 Å². The van der Waals surface area contributed by atoms with E-state index >= 15 is 0 Å². The standard InChI is InChI=1S/C20H31N7O.HI/c1-3-9-21-20(22-10-13-27-16-24-25-19(27)4-2)23-15-17(18-8-7-14-28-18)26-11-5-6-12-26;/h3,7-8,14,16-17H,1,4-6,9-13,15H2,2H3,(H2,21,22,23);1H. The number of nitrogens with one attached hydrogen (secondary N) is 2. The summed E-state index contributed by atoms with van der Waals surface area (Å²) >= 11 is 0. The van der Waals surface area contributed by atoms with Crippen molar-refractivity contribution in [2.24, 2.45) is 4.99 Å². The molecule has 2 aromatic heterocycles. The Hall–Kier alpha value is -1.88. The highest BCUT2D eigenvalue weighted by Crippen LogP contribution is 2.25. The predicted molar refractivity (Wildman–Crippen MR) is 126 cm³/mol. The van der Waals surface area contributed by atoms with Crippen LogP contribution in [0.4, 0.5) is 0 Å². The minimum absolute atomic E-state index is 0. The SMILES string of the molecule is C=CCNC(=NCC(c1ccco1)N1CCCC1)NCCn1cnnc1CC.I. The summed E-state index contributed by atoms with van der Waals surface area (Å²) in [6.07, 6.45) is 8.68. The summed E-state index contributed by atoms with van der Waals surface area (Å²) in [5.41, 5.74) is 0. The van der Waals surface area contributed by atoms with Gasteiger partial charge in [-0.2, -0.15) is 0 Å². The Labute approximate surface area is 189 Å². The molecule has 8 nitrogen and oxygen atoms in total. The lowest BCUT2D eigenvalue weighted by Gasteiger charge is -2.24. The van der Waals surface area contributed by atoms with Crippen LogP contribution < -0.4 is 10.6 Å². The molecule has 0 bridgehead atoms. The molecule has 1 unspecified atom stereocenters. The summed E-state index contributed by atoms with van der Waals surface area (Å²) in [6, 6.07) is 4.16. The Morgan fingerprint density at radius 2 is 2.21 bits per heavy atom. The Kier molecular flexibility index (Phi) is 10.2. The molecule has 1 aliphatic rings. The molecule has 0 aromatic carbocycles. The zero-order valence-electron chi connectivity index (χ0n) is 17.1. The number of rotatable bonds is 10. The third-order valence-electron chi connectivity index (χ3n) is 4.95. The maximum absolute atomic E-state index is 5.69. The quantitative estimate of drug-likeness (QED) is 0.220. The summed E-state index contributed by atoms with van der Waals surface area (Å²) in [5.74, 6) is 2.75. The first-order valence-electron chi connectivity index (χ1n) is 10.1. The van der Waals surface area contributed by atoms with E-state index in [9.17, 15) is 0 Å². The molecule has 29 heavy (non-hydrogen) atoms. The van der Waals surface area contributed by atoms with Gasteiger partial charge in [-0.05, 0) is 38.1 Å². The lowest BCUT2D eigenvalue weighted by molar-refractivity contribution is 0.221. The molecule has 1 fully saturated rings. The molecule has 160 valence electrons. The van der Waals surface area contributed by atoms with Crippen LogP contribution in [0.1, 0.15) is 37.4 Å². The van der Waals surface area contributed by atoms with E-state index in [4.69, 9.17) is 9.41 Å². The predicted octanol–water partition coefficient (Wildman–Crippen LogP) is 2.61. The molecule has 0 saturated carbocycles. The van der Waals surface area contributed by atoms with Crippen LogP contribution in [0.5, 0.6) is 0 Å². The van der Waals surface area contributed by atoms with Gasteiger partial charge in [0.05, 0.1) is 18.8 Å². The second kappa shape index (κ2) is 12.6. The highest BCUT2D eigenvalue weighted by Gasteiger charge is 2.25. The van der Waals surface area contributed by atoms with Crippen molar-refractivity contribution < 1.29 is 4.42 Å². The molecule has 2 N–H and O–H groups in total. The molecule has 0 aliphatic carbocycles. The molecule has 0 spiro atoms. The summed E-state index contributed by atoms with van der Waals surface area (Å²) in [7, 11) is 0. The van der Waals surface area contributed by atoms with Gasteiger partial charge in [0, 0.05) is 26.1 Å². The molecular weight excluding hydrogens is 481 g/mol. The maximum Gasteiger partial charge on any atom is 0.191 e. The molecule has 1 aliphatic heterocycles. The molecule has 0 amide bonds. The fraction of sp³-hybridized carbons (Fsp3) is 0.550. The highest BCUT2D eigenvalue weighted by atomic mass is 127. The monoisotopic (exact) mass is 513 g/mol. The molecule has 1 saturated heterocycles. The van der Waals surface area contributed by atoms with Crippen LogP contribution >= 0.6 is 24.0 Å². The largest absolute Gasteiger partial charge is 0.468 e. The number of likely N-dealkylation sites (tertiary alicyclic amines) is 1. The second-order valence-corrected chi connectivity index (χ2v) is 6.85. The lowest BCUT2D eigenvalue weighted by atomic mass is 10.2. The average Bonchev–Trinajstić information content (AvgIpc) is 3.48. The van der Waals surface area contributed by atoms with E-state index < -0.39 is 0 Å². The van der Waals surface area contributed by atoms with Crippen molar-refractivity contribution in [1.82, 2.24) is 30.3 Å². The summed E-state index contributed by atoms with van der Waals surface area (Å²) in [5, 5.41) is 14.8. The van der Waals surface area contributed by atoms with Gasteiger partial charge in [0.1, 0.15) is 17.9 Å². The van der Waals surface area contributed by atoms with Crippen molar-refractivity contribution in [3.63, 3.8) is 0 Å². The Bertz CT molecular complexity index is 738. The van der Waals surface area contributed by atoms with E-state index in [-0.39, 0.29) is 30.0 Å². The maximum atomic E-state index is 5.69. The van der Waals surface area contributed by atoms with Crippen molar-refractivity contribution in [3.05, 3.63) is 49.0 Å². The van der Waals surface area contributed by atoms with E-state index in [1.54, 1.807) is 12.6 Å². The number of aryl methyl sites for hydroxylation is 1. The van der Waals surface area contributed by atoms with E-state index in [2.05, 4.69) is 43.8 Å². The summed E-state index contributed by atoms with van der Waals surface area (Å²) in [6.45, 7) is 10.9. The third kappa shape index (κ3) is 6.84. The highest BCUT2D eigenvalue weighted by molar-refractivity contribution is 14.0. The van der Waals surface area contributed by atoms with E-state index in [1.807, 2.05) is 18.2 Å². The zero-order chi connectivity index (χ0) is 19.6. The van der Waals surface area contributed by atoms with Gasteiger partial charge in [0.25, 0.3) is 0 Å². The minimum atomic E-state index is 0. The van der Waals surface area contributed by atoms with Crippen LogP contribution in [0.3, 0.4) is 0 Å². The normalized spacial score (nSPS) is 15.7. The lowest BCUT2D eigenvalue weighted by Crippen LogP contribution is -2.40. The second-order valence-electron chi connectivity index (χ2n) is 6.85. The zero-order valence-corrected chi connectivity index (χ0v) is 19.4. The van der Waals surface area contributed by atoms with E-state index in [0.29, 0.717) is 13.1 Å². The fourth-order valence-electron chi connectivity index (χ4n) is 3.47. The van der Waals surface area contributed by atoms with Gasteiger partial charge in [-0.1, -0.05) is 13.0 Å². The number of halogens is 1. The van der Waals surface area contributed by atoms with Crippen molar-refractivity contribution in [2.75, 3.05) is 32.7 Å². The Balaban J connectivity index is 0.00000300. The average molecular weight is 513 g/mol. The number of guanidine groups is 1. The number of hydrogen-bond donors (Lipinski definition) is 2. The van der Waals surface area contributed by atoms with Gasteiger partial charge in [0.15, 0.2) is 5.96 Å². The van der Waals surface area contributed by atoms with E-state index in [1.165, 1.54) is 12.8 Å². The van der Waals surface area contributed by atoms with E-state index in [0.717, 1.165) is 50.1 Å². The van der Waals surface area contributed by atoms with Crippen LogP contribution in [-0.4, -0.2) is 58.3 Å². The molecule has 3 rings (SSSR count). The molecule has 9 heteroatoms. The molecule has 0 radical (unpaired) electrons. The molecule has 1 atom stereocenters. The van der Waals surface area contributed by atoms with Crippen molar-refractivity contribution in [1.29, 1.82) is 0 Å². The molecular formula is C20H32IN7O. The first-order valence-corrected chi connectivity index (χ1v) is 10.1. The number of aromatic nitrogens is 3. The van der Waals surface area contributed by atoms with Gasteiger partial charge in [0.2, 0.25) is 0 Å². The van der Waals surface area contributed by atoms with Crippen LogP contribution in [0.15, 0.2) is 46.8 Å². The van der Waals surface area contributed by atoms with Crippen LogP contribution in [0.2, 0.25) is 0 Å². The van der Waals surface area contributed by atoms with Crippen LogP contribution in [0, 0.1) is 0 Å². The number of nitrogens with zero attached hydrogens (tertiary/aromatic N) is 5. The number of aliphatic imine (C=N–C) groups is 1.